The fourth-order valence-corrected chi connectivity index (χ4v) is 2.21. The zero-order valence-corrected chi connectivity index (χ0v) is 14.2. The molecule has 0 saturated carbocycles. The molecule has 1 heterocycles. The largest absolute Gasteiger partial charge is 0.351 e. The van der Waals surface area contributed by atoms with Crippen molar-refractivity contribution in [3.63, 3.8) is 0 Å². The Hall–Kier alpha value is -1.92. The predicted octanol–water partition coefficient (Wildman–Crippen LogP) is 2.88. The van der Waals surface area contributed by atoms with E-state index >= 15 is 0 Å². The van der Waals surface area contributed by atoms with Crippen LogP contribution < -0.4 is 10.6 Å². The number of hydrogen-bond donors (Lipinski definition) is 2. The molecule has 116 valence electrons. The highest BCUT2D eigenvalue weighted by Crippen LogP contribution is 2.19. The lowest BCUT2D eigenvalue weighted by molar-refractivity contribution is 0.0950. The molecule has 0 aliphatic carbocycles. The number of rotatable bonds is 6. The molecule has 5 nitrogen and oxygen atoms in total. The fourth-order valence-electron chi connectivity index (χ4n) is 1.81. The molecule has 0 spiro atoms. The second-order valence-corrected chi connectivity index (χ2v) is 6.04. The van der Waals surface area contributed by atoms with Gasteiger partial charge < -0.3 is 15.5 Å². The van der Waals surface area contributed by atoms with Gasteiger partial charge in [0.2, 0.25) is 0 Å². The Bertz CT molecular complexity index is 628. The molecule has 0 saturated heterocycles. The lowest BCUT2D eigenvalue weighted by Crippen LogP contribution is -2.31. The Balaban J connectivity index is 1.93. The van der Waals surface area contributed by atoms with E-state index in [0.29, 0.717) is 17.9 Å². The van der Waals surface area contributed by atoms with Crippen molar-refractivity contribution in [2.75, 3.05) is 32.5 Å². The highest BCUT2D eigenvalue weighted by molar-refractivity contribution is 9.10. The maximum Gasteiger partial charge on any atom is 0.252 e. The Morgan fingerprint density at radius 2 is 2.09 bits per heavy atom. The Labute approximate surface area is 138 Å². The summed E-state index contributed by atoms with van der Waals surface area (Å²) in [6.07, 6.45) is 1.57. The molecule has 22 heavy (non-hydrogen) atoms. The molecule has 1 aromatic heterocycles. The van der Waals surface area contributed by atoms with Crippen LogP contribution in [0, 0.1) is 0 Å². The van der Waals surface area contributed by atoms with Crippen molar-refractivity contribution in [2.24, 2.45) is 0 Å². The van der Waals surface area contributed by atoms with Crippen LogP contribution in [0.15, 0.2) is 47.1 Å². The summed E-state index contributed by atoms with van der Waals surface area (Å²) < 4.78 is 0.995. The molecule has 0 bridgehead atoms. The van der Waals surface area contributed by atoms with E-state index in [0.717, 1.165) is 16.7 Å². The van der Waals surface area contributed by atoms with E-state index in [9.17, 15) is 4.79 Å². The zero-order chi connectivity index (χ0) is 15.9. The van der Waals surface area contributed by atoms with Crippen molar-refractivity contribution >= 4 is 33.3 Å². The summed E-state index contributed by atoms with van der Waals surface area (Å²) in [4.78, 5) is 18.2. The number of carbonyl (C=O) groups is 1. The van der Waals surface area contributed by atoms with Gasteiger partial charge in [-0.15, -0.1) is 0 Å². The number of pyridine rings is 1. The Morgan fingerprint density at radius 1 is 1.27 bits per heavy atom. The average Bonchev–Trinajstić information content (AvgIpc) is 2.47. The monoisotopic (exact) mass is 362 g/mol. The summed E-state index contributed by atoms with van der Waals surface area (Å²) in [5, 5.41) is 6.05. The lowest BCUT2D eigenvalue weighted by Gasteiger charge is -2.10. The van der Waals surface area contributed by atoms with Gasteiger partial charge in [-0.05, 0) is 44.4 Å². The molecular formula is C16H19BrN4O. The van der Waals surface area contributed by atoms with Crippen molar-refractivity contribution in [3.05, 3.63) is 52.6 Å². The van der Waals surface area contributed by atoms with Gasteiger partial charge in [0.15, 0.2) is 0 Å². The normalized spacial score (nSPS) is 10.5. The molecule has 0 radical (unpaired) electrons. The Morgan fingerprint density at radius 3 is 2.73 bits per heavy atom. The zero-order valence-electron chi connectivity index (χ0n) is 12.6. The third kappa shape index (κ3) is 5.13. The van der Waals surface area contributed by atoms with E-state index < -0.39 is 0 Å². The van der Waals surface area contributed by atoms with Crippen LogP contribution in [-0.2, 0) is 0 Å². The van der Waals surface area contributed by atoms with E-state index in [1.807, 2.05) is 43.3 Å². The average molecular weight is 363 g/mol. The van der Waals surface area contributed by atoms with Crippen LogP contribution in [0.3, 0.4) is 0 Å². The molecule has 1 aromatic carbocycles. The van der Waals surface area contributed by atoms with Crippen molar-refractivity contribution in [1.82, 2.24) is 15.2 Å². The standard InChI is InChI=1S/C16H19BrN4O/c1-21(2)9-8-18-16(22)12-6-7-15(19-11-12)20-14-5-3-4-13(17)10-14/h3-7,10-11H,8-9H2,1-2H3,(H,18,22)(H,19,20). The summed E-state index contributed by atoms with van der Waals surface area (Å²) in [5.41, 5.74) is 1.49. The molecule has 0 unspecified atom stereocenters. The van der Waals surface area contributed by atoms with Gasteiger partial charge in [0.05, 0.1) is 5.56 Å². The topological polar surface area (TPSA) is 57.3 Å². The second kappa shape index (κ2) is 7.91. The van der Waals surface area contributed by atoms with Crippen LogP contribution >= 0.6 is 15.9 Å². The number of likely N-dealkylation sites (N-methyl/N-ethyl adjacent to an activating group) is 1. The van der Waals surface area contributed by atoms with E-state index in [4.69, 9.17) is 0 Å². The molecule has 0 atom stereocenters. The number of halogens is 1. The van der Waals surface area contributed by atoms with Gasteiger partial charge in [-0.25, -0.2) is 4.98 Å². The SMILES string of the molecule is CN(C)CCNC(=O)c1ccc(Nc2cccc(Br)c2)nc1. The number of hydrogen-bond acceptors (Lipinski definition) is 4. The third-order valence-corrected chi connectivity index (χ3v) is 3.46. The highest BCUT2D eigenvalue weighted by atomic mass is 79.9. The van der Waals surface area contributed by atoms with Crippen LogP contribution in [0.1, 0.15) is 10.4 Å². The second-order valence-electron chi connectivity index (χ2n) is 5.13. The number of anilines is 2. The van der Waals surface area contributed by atoms with Crippen LogP contribution in [0.2, 0.25) is 0 Å². The minimum absolute atomic E-state index is 0.108. The van der Waals surface area contributed by atoms with Gasteiger partial charge in [0.25, 0.3) is 5.91 Å². The summed E-state index contributed by atoms with van der Waals surface area (Å²) in [6.45, 7) is 1.42. The minimum atomic E-state index is -0.108. The molecule has 0 aliphatic rings. The molecule has 2 rings (SSSR count). The van der Waals surface area contributed by atoms with Crippen molar-refractivity contribution in [1.29, 1.82) is 0 Å². The van der Waals surface area contributed by atoms with Gasteiger partial charge in [-0.2, -0.15) is 0 Å². The first kappa shape index (κ1) is 16.5. The maximum atomic E-state index is 11.9. The van der Waals surface area contributed by atoms with Crippen LogP contribution in [0.5, 0.6) is 0 Å². The first-order valence-electron chi connectivity index (χ1n) is 6.96. The van der Waals surface area contributed by atoms with Gasteiger partial charge in [0, 0.05) is 29.4 Å². The lowest BCUT2D eigenvalue weighted by atomic mass is 10.2. The first-order chi connectivity index (χ1) is 10.5. The van der Waals surface area contributed by atoms with Crippen molar-refractivity contribution in [3.8, 4) is 0 Å². The minimum Gasteiger partial charge on any atom is -0.351 e. The third-order valence-electron chi connectivity index (χ3n) is 2.97. The number of nitrogens with one attached hydrogen (secondary N) is 2. The van der Waals surface area contributed by atoms with Gasteiger partial charge in [0.1, 0.15) is 5.82 Å². The quantitative estimate of drug-likeness (QED) is 0.829. The first-order valence-corrected chi connectivity index (χ1v) is 7.75. The number of carbonyl (C=O) groups excluding carboxylic acids is 1. The number of nitrogens with zero attached hydrogens (tertiary/aromatic N) is 2. The summed E-state index contributed by atoms with van der Waals surface area (Å²) in [5.74, 6) is 0.589. The summed E-state index contributed by atoms with van der Waals surface area (Å²) >= 11 is 3.42. The number of amides is 1. The molecular weight excluding hydrogens is 344 g/mol. The number of aromatic nitrogens is 1. The molecule has 1 amide bonds. The van der Waals surface area contributed by atoms with Gasteiger partial charge >= 0.3 is 0 Å². The van der Waals surface area contributed by atoms with Crippen molar-refractivity contribution in [2.45, 2.75) is 0 Å². The summed E-state index contributed by atoms with van der Waals surface area (Å²) in [7, 11) is 3.94. The molecule has 2 aromatic rings. The predicted molar refractivity (Wildman–Crippen MR) is 92.5 cm³/mol. The van der Waals surface area contributed by atoms with Crippen molar-refractivity contribution < 1.29 is 4.79 Å². The molecule has 0 aliphatic heterocycles. The maximum absolute atomic E-state index is 11.9. The van der Waals surface area contributed by atoms with E-state index in [2.05, 4.69) is 31.5 Å². The highest BCUT2D eigenvalue weighted by Gasteiger charge is 2.06. The van der Waals surface area contributed by atoms with Crippen LogP contribution in [-0.4, -0.2) is 43.0 Å². The van der Waals surface area contributed by atoms with Gasteiger partial charge in [-0.3, -0.25) is 4.79 Å². The van der Waals surface area contributed by atoms with E-state index in [1.165, 1.54) is 0 Å². The van der Waals surface area contributed by atoms with E-state index in [1.54, 1.807) is 18.3 Å². The van der Waals surface area contributed by atoms with Gasteiger partial charge in [-0.1, -0.05) is 22.0 Å². The van der Waals surface area contributed by atoms with Crippen LogP contribution in [0.4, 0.5) is 11.5 Å². The summed E-state index contributed by atoms with van der Waals surface area (Å²) in [6, 6.07) is 11.4. The smallest absolute Gasteiger partial charge is 0.252 e. The molecule has 6 heteroatoms. The molecule has 0 fully saturated rings. The molecule has 2 N–H and O–H groups in total. The number of benzene rings is 1. The fraction of sp³-hybridized carbons (Fsp3) is 0.250. The Kier molecular flexibility index (Phi) is 5.91. The van der Waals surface area contributed by atoms with E-state index in [-0.39, 0.29) is 5.91 Å². The van der Waals surface area contributed by atoms with Crippen LogP contribution in [0.25, 0.3) is 0 Å².